The maximum atomic E-state index is 12.2. The molecule has 2 fully saturated rings. The Labute approximate surface area is 105 Å². The number of hydrogen-bond donors (Lipinski definition) is 1. The average Bonchev–Trinajstić information content (AvgIpc) is 2.84. The van der Waals surface area contributed by atoms with Crippen LogP contribution in [0.15, 0.2) is 24.3 Å². The van der Waals surface area contributed by atoms with E-state index in [1.807, 2.05) is 29.2 Å². The van der Waals surface area contributed by atoms with Gasteiger partial charge in [0.15, 0.2) is 0 Å². The van der Waals surface area contributed by atoms with Crippen LogP contribution in [0.3, 0.4) is 0 Å². The van der Waals surface area contributed by atoms with Gasteiger partial charge in [0.05, 0.1) is 17.6 Å². The SMILES string of the molecule is O=C(Cc1[nH]nc2ccccc12)N1CC2CC2C1. The third-order valence-electron chi connectivity index (χ3n) is 4.20. The first-order valence-corrected chi connectivity index (χ1v) is 6.51. The lowest BCUT2D eigenvalue weighted by Crippen LogP contribution is -2.31. The molecular weight excluding hydrogens is 226 g/mol. The summed E-state index contributed by atoms with van der Waals surface area (Å²) in [7, 11) is 0. The lowest BCUT2D eigenvalue weighted by molar-refractivity contribution is -0.129. The van der Waals surface area contributed by atoms with Gasteiger partial charge in [-0.25, -0.2) is 0 Å². The van der Waals surface area contributed by atoms with Gasteiger partial charge in [-0.3, -0.25) is 9.89 Å². The van der Waals surface area contributed by atoms with Crippen LogP contribution in [0, 0.1) is 11.8 Å². The largest absolute Gasteiger partial charge is 0.342 e. The molecule has 1 aromatic carbocycles. The maximum Gasteiger partial charge on any atom is 0.228 e. The average molecular weight is 241 g/mol. The van der Waals surface area contributed by atoms with Gasteiger partial charge in [0.1, 0.15) is 0 Å². The third-order valence-corrected chi connectivity index (χ3v) is 4.20. The highest BCUT2D eigenvalue weighted by Gasteiger charge is 2.46. The van der Waals surface area contributed by atoms with Crippen molar-refractivity contribution < 1.29 is 4.79 Å². The maximum absolute atomic E-state index is 12.2. The van der Waals surface area contributed by atoms with Gasteiger partial charge in [0.25, 0.3) is 0 Å². The van der Waals surface area contributed by atoms with Crippen molar-refractivity contribution >= 4 is 16.8 Å². The highest BCUT2D eigenvalue weighted by molar-refractivity contribution is 5.87. The standard InChI is InChI=1S/C14H15N3O/c18-14(17-7-9-5-10(9)8-17)6-13-11-3-1-2-4-12(11)15-16-13/h1-4,9-10H,5-8H2,(H,15,16). The van der Waals surface area contributed by atoms with E-state index in [-0.39, 0.29) is 5.91 Å². The van der Waals surface area contributed by atoms with Crippen molar-refractivity contribution in [3.8, 4) is 0 Å². The molecule has 2 heterocycles. The highest BCUT2D eigenvalue weighted by atomic mass is 16.2. The van der Waals surface area contributed by atoms with E-state index < -0.39 is 0 Å². The Kier molecular flexibility index (Phi) is 2.01. The number of H-pyrrole nitrogens is 1. The number of aromatic amines is 1. The lowest BCUT2D eigenvalue weighted by atomic mass is 10.1. The molecular formula is C14H15N3O. The number of benzene rings is 1. The van der Waals surface area contributed by atoms with Gasteiger partial charge in [-0.05, 0) is 24.3 Å². The summed E-state index contributed by atoms with van der Waals surface area (Å²) in [5, 5.41) is 8.28. The first-order valence-electron chi connectivity index (χ1n) is 6.51. The van der Waals surface area contributed by atoms with Crippen molar-refractivity contribution in [1.29, 1.82) is 0 Å². The lowest BCUT2D eigenvalue weighted by Gasteiger charge is -2.17. The van der Waals surface area contributed by atoms with Crippen LogP contribution in [0.25, 0.3) is 10.9 Å². The van der Waals surface area contributed by atoms with Crippen LogP contribution in [0.1, 0.15) is 12.1 Å². The van der Waals surface area contributed by atoms with E-state index in [2.05, 4.69) is 10.2 Å². The number of likely N-dealkylation sites (tertiary alicyclic amines) is 1. The summed E-state index contributed by atoms with van der Waals surface area (Å²) in [5.74, 6) is 1.83. The molecule has 1 aliphatic heterocycles. The summed E-state index contributed by atoms with van der Waals surface area (Å²) in [6.07, 6.45) is 1.77. The van der Waals surface area contributed by atoms with Crippen LogP contribution >= 0.6 is 0 Å². The van der Waals surface area contributed by atoms with Crippen molar-refractivity contribution in [1.82, 2.24) is 15.1 Å². The molecule has 2 unspecified atom stereocenters. The summed E-state index contributed by atoms with van der Waals surface area (Å²) >= 11 is 0. The first kappa shape index (κ1) is 10.1. The Morgan fingerprint density at radius 1 is 1.33 bits per heavy atom. The third kappa shape index (κ3) is 1.52. The Morgan fingerprint density at radius 2 is 2.11 bits per heavy atom. The normalized spacial score (nSPS) is 25.4. The number of carbonyl (C=O) groups is 1. The van der Waals surface area contributed by atoms with Gasteiger partial charge < -0.3 is 4.90 Å². The Hall–Kier alpha value is -1.84. The second-order valence-electron chi connectivity index (χ2n) is 5.45. The highest BCUT2D eigenvalue weighted by Crippen LogP contribution is 2.44. The van der Waals surface area contributed by atoms with E-state index in [0.29, 0.717) is 6.42 Å². The minimum atomic E-state index is 0.233. The minimum absolute atomic E-state index is 0.233. The predicted octanol–water partition coefficient (Wildman–Crippen LogP) is 1.58. The molecule has 4 rings (SSSR count). The number of aromatic nitrogens is 2. The Bertz CT molecular complexity index is 608. The molecule has 1 aromatic heterocycles. The number of rotatable bonds is 2. The van der Waals surface area contributed by atoms with Crippen LogP contribution in [-0.2, 0) is 11.2 Å². The summed E-state index contributed by atoms with van der Waals surface area (Å²) < 4.78 is 0. The van der Waals surface area contributed by atoms with E-state index in [0.717, 1.165) is 41.5 Å². The molecule has 1 saturated carbocycles. The fraction of sp³-hybridized carbons (Fsp3) is 0.429. The molecule has 1 N–H and O–H groups in total. The van der Waals surface area contributed by atoms with Gasteiger partial charge in [0.2, 0.25) is 5.91 Å². The predicted molar refractivity (Wildman–Crippen MR) is 68.0 cm³/mol. The van der Waals surface area contributed by atoms with Crippen LogP contribution in [0.4, 0.5) is 0 Å². The van der Waals surface area contributed by atoms with E-state index >= 15 is 0 Å². The summed E-state index contributed by atoms with van der Waals surface area (Å²) in [5.41, 5.74) is 1.88. The van der Waals surface area contributed by atoms with Gasteiger partial charge in [-0.15, -0.1) is 0 Å². The van der Waals surface area contributed by atoms with Crippen molar-refractivity contribution in [2.24, 2.45) is 11.8 Å². The molecule has 92 valence electrons. The van der Waals surface area contributed by atoms with Crippen molar-refractivity contribution in [3.63, 3.8) is 0 Å². The van der Waals surface area contributed by atoms with E-state index in [1.165, 1.54) is 6.42 Å². The number of nitrogens with zero attached hydrogens (tertiary/aromatic N) is 2. The van der Waals surface area contributed by atoms with Crippen molar-refractivity contribution in [3.05, 3.63) is 30.0 Å². The molecule has 4 heteroatoms. The van der Waals surface area contributed by atoms with E-state index in [9.17, 15) is 4.79 Å². The second kappa shape index (κ2) is 3.57. The molecule has 2 atom stereocenters. The van der Waals surface area contributed by atoms with E-state index in [1.54, 1.807) is 0 Å². The zero-order chi connectivity index (χ0) is 12.1. The Balaban J connectivity index is 1.55. The zero-order valence-electron chi connectivity index (χ0n) is 10.1. The van der Waals surface area contributed by atoms with E-state index in [4.69, 9.17) is 0 Å². The molecule has 2 aromatic rings. The number of amides is 1. The number of carbonyl (C=O) groups excluding carboxylic acids is 1. The summed E-state index contributed by atoms with van der Waals surface area (Å²) in [6, 6.07) is 7.92. The molecule has 0 bridgehead atoms. The number of para-hydroxylation sites is 1. The fourth-order valence-corrected chi connectivity index (χ4v) is 3.01. The number of piperidine rings is 1. The smallest absolute Gasteiger partial charge is 0.228 e. The molecule has 4 nitrogen and oxygen atoms in total. The summed E-state index contributed by atoms with van der Waals surface area (Å²) in [4.78, 5) is 14.2. The van der Waals surface area contributed by atoms with Crippen molar-refractivity contribution in [2.45, 2.75) is 12.8 Å². The monoisotopic (exact) mass is 241 g/mol. The Morgan fingerprint density at radius 3 is 2.94 bits per heavy atom. The van der Waals surface area contributed by atoms with Crippen LogP contribution < -0.4 is 0 Å². The van der Waals surface area contributed by atoms with Gasteiger partial charge in [-0.2, -0.15) is 5.10 Å². The van der Waals surface area contributed by atoms with Crippen LogP contribution in [-0.4, -0.2) is 34.1 Å². The topological polar surface area (TPSA) is 49.0 Å². The molecule has 2 aliphatic rings. The fourth-order valence-electron chi connectivity index (χ4n) is 3.01. The first-order chi connectivity index (χ1) is 8.81. The van der Waals surface area contributed by atoms with Gasteiger partial charge in [0, 0.05) is 18.5 Å². The van der Waals surface area contributed by atoms with Gasteiger partial charge >= 0.3 is 0 Å². The molecule has 18 heavy (non-hydrogen) atoms. The molecule has 0 radical (unpaired) electrons. The molecule has 1 aliphatic carbocycles. The van der Waals surface area contributed by atoms with Crippen LogP contribution in [0.2, 0.25) is 0 Å². The molecule has 1 amide bonds. The number of nitrogens with one attached hydrogen (secondary N) is 1. The zero-order valence-corrected chi connectivity index (χ0v) is 10.1. The quantitative estimate of drug-likeness (QED) is 0.868. The second-order valence-corrected chi connectivity index (χ2v) is 5.45. The molecule has 0 spiro atoms. The summed E-state index contributed by atoms with van der Waals surface area (Å²) in [6.45, 7) is 1.94. The minimum Gasteiger partial charge on any atom is -0.342 e. The van der Waals surface area contributed by atoms with Crippen molar-refractivity contribution in [2.75, 3.05) is 13.1 Å². The van der Waals surface area contributed by atoms with Crippen LogP contribution in [0.5, 0.6) is 0 Å². The van der Waals surface area contributed by atoms with Gasteiger partial charge in [-0.1, -0.05) is 18.2 Å². The number of fused-ring (bicyclic) bond motifs is 2. The number of hydrogen-bond acceptors (Lipinski definition) is 2. The molecule has 1 saturated heterocycles.